The number of benzene rings is 1. The summed E-state index contributed by atoms with van der Waals surface area (Å²) < 4.78 is 1.45. The predicted octanol–water partition coefficient (Wildman–Crippen LogP) is 2.58. The van der Waals surface area contributed by atoms with E-state index in [1.807, 2.05) is 5.40 Å². The second-order valence-electron chi connectivity index (χ2n) is 4.01. The lowest BCUT2D eigenvalue weighted by atomic mass is 10.3. The third kappa shape index (κ3) is 2.92. The van der Waals surface area contributed by atoms with E-state index in [1.54, 1.807) is 38.2 Å². The molecule has 0 saturated heterocycles. The number of aromatic nitrogens is 1. The Hall–Kier alpha value is -2.04. The molecule has 0 aliphatic heterocycles. The van der Waals surface area contributed by atoms with Gasteiger partial charge in [-0.05, 0) is 43.0 Å². The van der Waals surface area contributed by atoms with Gasteiger partial charge in [-0.15, -0.1) is 0 Å². The van der Waals surface area contributed by atoms with Crippen molar-refractivity contribution in [2.24, 2.45) is 7.05 Å². The predicted molar refractivity (Wildman–Crippen MR) is 80.2 cm³/mol. The Balaban J connectivity index is 2.17. The number of carbonyl (C=O) groups is 1. The summed E-state index contributed by atoms with van der Waals surface area (Å²) in [6.45, 7) is 1.74. The Morgan fingerprint density at radius 3 is 2.55 bits per heavy atom. The van der Waals surface area contributed by atoms with Gasteiger partial charge in [-0.3, -0.25) is 9.59 Å². The zero-order chi connectivity index (χ0) is 14.7. The first-order valence-electron chi connectivity index (χ1n) is 5.66. The normalized spacial score (nSPS) is 10.1. The van der Waals surface area contributed by atoms with Crippen molar-refractivity contribution in [2.75, 3.05) is 5.32 Å². The third-order valence-electron chi connectivity index (χ3n) is 2.78. The Morgan fingerprint density at radius 1 is 1.40 bits per heavy atom. The largest absolute Gasteiger partial charge is 0.321 e. The van der Waals surface area contributed by atoms with E-state index < -0.39 is 0 Å². The molecule has 0 atom stereocenters. The van der Waals surface area contributed by atoms with Crippen LogP contribution < -0.4 is 10.2 Å². The zero-order valence-electron chi connectivity index (χ0n) is 10.8. The smallest absolute Gasteiger partial charge is 0.307 e. The molecule has 1 aromatic carbocycles. The van der Waals surface area contributed by atoms with Crippen LogP contribution in [0.15, 0.2) is 34.0 Å². The van der Waals surface area contributed by atoms with Crippen LogP contribution in [-0.2, 0) is 7.05 Å². The molecule has 0 unspecified atom stereocenters. The molecule has 7 heteroatoms. The number of rotatable bonds is 3. The number of nitriles is 1. The molecule has 5 nitrogen and oxygen atoms in total. The van der Waals surface area contributed by atoms with E-state index in [2.05, 4.69) is 5.32 Å². The Labute approximate surface area is 123 Å². The summed E-state index contributed by atoms with van der Waals surface area (Å²) >= 11 is 1.99. The van der Waals surface area contributed by atoms with Gasteiger partial charge in [0, 0.05) is 23.3 Å². The number of thiocyanates is 1. The van der Waals surface area contributed by atoms with E-state index in [1.165, 1.54) is 4.57 Å². The average molecular weight is 305 g/mol. The topological polar surface area (TPSA) is 74.9 Å². The minimum atomic E-state index is -0.300. The van der Waals surface area contributed by atoms with E-state index in [4.69, 9.17) is 5.26 Å². The van der Waals surface area contributed by atoms with E-state index in [0.29, 0.717) is 16.3 Å². The quantitative estimate of drug-likeness (QED) is 0.698. The molecule has 0 saturated carbocycles. The van der Waals surface area contributed by atoms with Crippen molar-refractivity contribution in [1.82, 2.24) is 4.57 Å². The lowest BCUT2D eigenvalue weighted by molar-refractivity contribution is 0.102. The molecule has 0 bridgehead atoms. The molecule has 102 valence electrons. The third-order valence-corrected chi connectivity index (χ3v) is 4.51. The highest BCUT2D eigenvalue weighted by atomic mass is 32.2. The molecule has 20 heavy (non-hydrogen) atoms. The second kappa shape index (κ2) is 5.94. The number of amides is 1. The Morgan fingerprint density at radius 2 is 2.05 bits per heavy atom. The molecule has 1 aromatic heterocycles. The van der Waals surface area contributed by atoms with Crippen LogP contribution in [-0.4, -0.2) is 10.5 Å². The second-order valence-corrected chi connectivity index (χ2v) is 5.83. The van der Waals surface area contributed by atoms with Gasteiger partial charge in [0.1, 0.15) is 10.3 Å². The van der Waals surface area contributed by atoms with Crippen LogP contribution in [0.5, 0.6) is 0 Å². The van der Waals surface area contributed by atoms with Crippen LogP contribution in [0, 0.1) is 17.6 Å². The van der Waals surface area contributed by atoms with Gasteiger partial charge in [0.05, 0.1) is 0 Å². The lowest BCUT2D eigenvalue weighted by Gasteiger charge is -2.05. The summed E-state index contributed by atoms with van der Waals surface area (Å²) in [5.74, 6) is -0.300. The van der Waals surface area contributed by atoms with Crippen LogP contribution in [0.2, 0.25) is 0 Å². The van der Waals surface area contributed by atoms with Crippen molar-refractivity contribution in [2.45, 2.75) is 11.8 Å². The van der Waals surface area contributed by atoms with Crippen molar-refractivity contribution in [3.63, 3.8) is 0 Å². The standard InChI is InChI=1S/C13H11N3O2S2/c1-8-11(20-13(18)16(8)2)12(17)15-9-3-5-10(6-4-9)19-7-14/h3-6H,1-2H3,(H,15,17). The molecule has 2 rings (SSSR count). The summed E-state index contributed by atoms with van der Waals surface area (Å²) in [7, 11) is 1.64. The highest BCUT2D eigenvalue weighted by Gasteiger charge is 2.15. The zero-order valence-corrected chi connectivity index (χ0v) is 12.5. The Bertz CT molecular complexity index is 738. The Kier molecular flexibility index (Phi) is 4.27. The van der Waals surface area contributed by atoms with Crippen LogP contribution >= 0.6 is 23.1 Å². The van der Waals surface area contributed by atoms with E-state index >= 15 is 0 Å². The van der Waals surface area contributed by atoms with E-state index in [9.17, 15) is 9.59 Å². The molecule has 2 aromatic rings. The van der Waals surface area contributed by atoms with Crippen LogP contribution in [0.25, 0.3) is 0 Å². The molecular weight excluding hydrogens is 294 g/mol. The van der Waals surface area contributed by atoms with Gasteiger partial charge >= 0.3 is 4.87 Å². The number of hydrogen-bond acceptors (Lipinski definition) is 5. The molecule has 0 radical (unpaired) electrons. The number of anilines is 1. The van der Waals surface area contributed by atoms with Crippen molar-refractivity contribution in [3.05, 3.63) is 44.5 Å². The highest BCUT2D eigenvalue weighted by Crippen LogP contribution is 2.20. The molecular formula is C13H11N3O2S2. The molecule has 0 spiro atoms. The van der Waals surface area contributed by atoms with Gasteiger partial charge in [0.2, 0.25) is 0 Å². The molecule has 0 aliphatic rings. The summed E-state index contributed by atoms with van der Waals surface area (Å²) in [5, 5.41) is 13.3. The number of thiazole rings is 1. The number of carbonyl (C=O) groups excluding carboxylic acids is 1. The molecule has 0 fully saturated rings. The molecule has 1 heterocycles. The maximum absolute atomic E-state index is 12.1. The molecule has 1 N–H and O–H groups in total. The van der Waals surface area contributed by atoms with E-state index in [0.717, 1.165) is 28.0 Å². The van der Waals surface area contributed by atoms with E-state index in [-0.39, 0.29) is 10.8 Å². The minimum Gasteiger partial charge on any atom is -0.321 e. The minimum absolute atomic E-state index is 0.159. The van der Waals surface area contributed by atoms with Gasteiger partial charge in [-0.2, -0.15) is 5.26 Å². The van der Waals surface area contributed by atoms with Gasteiger partial charge < -0.3 is 9.88 Å². The first-order valence-corrected chi connectivity index (χ1v) is 7.30. The summed E-state index contributed by atoms with van der Waals surface area (Å²) in [6.07, 6.45) is 0. The number of hydrogen-bond donors (Lipinski definition) is 1. The molecule has 0 aliphatic carbocycles. The average Bonchev–Trinajstić information content (AvgIpc) is 2.69. The maximum Gasteiger partial charge on any atom is 0.307 e. The first kappa shape index (κ1) is 14.4. The van der Waals surface area contributed by atoms with Gasteiger partial charge in [-0.1, -0.05) is 11.3 Å². The fraction of sp³-hybridized carbons (Fsp3) is 0.154. The summed E-state index contributed by atoms with van der Waals surface area (Å²) in [6, 6.07) is 6.95. The van der Waals surface area contributed by atoms with Crippen molar-refractivity contribution in [1.29, 1.82) is 5.26 Å². The molecule has 1 amide bonds. The number of thioether (sulfide) groups is 1. The number of nitrogens with zero attached hydrogens (tertiary/aromatic N) is 2. The first-order chi connectivity index (χ1) is 9.52. The monoisotopic (exact) mass is 305 g/mol. The lowest BCUT2D eigenvalue weighted by Crippen LogP contribution is -2.12. The van der Waals surface area contributed by atoms with Gasteiger partial charge in [0.15, 0.2) is 0 Å². The fourth-order valence-corrected chi connectivity index (χ4v) is 2.83. The van der Waals surface area contributed by atoms with Crippen molar-refractivity contribution >= 4 is 34.7 Å². The van der Waals surface area contributed by atoms with Gasteiger partial charge in [0.25, 0.3) is 5.91 Å². The number of nitrogens with one attached hydrogen (secondary N) is 1. The summed E-state index contributed by atoms with van der Waals surface area (Å²) in [4.78, 5) is 24.7. The van der Waals surface area contributed by atoms with Gasteiger partial charge in [-0.25, -0.2) is 0 Å². The van der Waals surface area contributed by atoms with Crippen LogP contribution in [0.1, 0.15) is 15.4 Å². The SMILES string of the molecule is Cc1c(C(=O)Nc2ccc(SC#N)cc2)sc(=O)n1C. The van der Waals surface area contributed by atoms with Crippen LogP contribution in [0.4, 0.5) is 5.69 Å². The van der Waals surface area contributed by atoms with Crippen molar-refractivity contribution < 1.29 is 4.79 Å². The fourth-order valence-electron chi connectivity index (χ4n) is 1.58. The van der Waals surface area contributed by atoms with Crippen LogP contribution in [0.3, 0.4) is 0 Å². The van der Waals surface area contributed by atoms with Crippen molar-refractivity contribution in [3.8, 4) is 5.40 Å². The summed E-state index contributed by atoms with van der Waals surface area (Å²) in [5.41, 5.74) is 1.27. The highest BCUT2D eigenvalue weighted by molar-refractivity contribution is 8.03. The maximum atomic E-state index is 12.1.